The van der Waals surface area contributed by atoms with Crippen molar-refractivity contribution in [2.75, 3.05) is 19.7 Å². The highest BCUT2D eigenvalue weighted by Crippen LogP contribution is 2.10. The van der Waals surface area contributed by atoms with Gasteiger partial charge in [0.2, 0.25) is 0 Å². The van der Waals surface area contributed by atoms with E-state index in [0.29, 0.717) is 24.7 Å². The molecule has 0 spiro atoms. The summed E-state index contributed by atoms with van der Waals surface area (Å²) in [6.07, 6.45) is -0.386. The molecular weight excluding hydrogens is 275 g/mol. The quantitative estimate of drug-likeness (QED) is 0.884. The van der Waals surface area contributed by atoms with Crippen LogP contribution in [0.2, 0.25) is 5.02 Å². The van der Waals surface area contributed by atoms with Gasteiger partial charge in [0.25, 0.3) is 5.91 Å². The minimum Gasteiger partial charge on any atom is -0.366 e. The second kappa shape index (κ2) is 7.59. The predicted molar refractivity (Wildman–Crippen MR) is 73.2 cm³/mol. The van der Waals surface area contributed by atoms with Gasteiger partial charge in [-0.25, -0.2) is 0 Å². The molecule has 0 bridgehead atoms. The summed E-state index contributed by atoms with van der Waals surface area (Å²) in [4.78, 5) is 11.7. The molecule has 6 heteroatoms. The van der Waals surface area contributed by atoms with Crippen molar-refractivity contribution < 1.29 is 9.53 Å². The third kappa shape index (κ3) is 4.46. The summed E-state index contributed by atoms with van der Waals surface area (Å²) in [7, 11) is 0. The van der Waals surface area contributed by atoms with Gasteiger partial charge in [-0.3, -0.25) is 4.79 Å². The maximum absolute atomic E-state index is 11.7. The average Bonchev–Trinajstić information content (AvgIpc) is 2.37. The van der Waals surface area contributed by atoms with Crippen LogP contribution in [0, 0.1) is 0 Å². The molecule has 2 N–H and O–H groups in total. The van der Waals surface area contributed by atoms with Gasteiger partial charge in [0.05, 0.1) is 6.61 Å². The first-order valence-corrected chi connectivity index (χ1v) is 5.98. The number of amides is 1. The van der Waals surface area contributed by atoms with Crippen molar-refractivity contribution in [1.82, 2.24) is 10.6 Å². The second-order valence-electron chi connectivity index (χ2n) is 3.91. The molecular formula is C12H16Cl2N2O2. The molecule has 0 aromatic heterocycles. The van der Waals surface area contributed by atoms with Crippen LogP contribution in [0.5, 0.6) is 0 Å². The second-order valence-corrected chi connectivity index (χ2v) is 4.35. The Balaban J connectivity index is 0.00000162. The zero-order chi connectivity index (χ0) is 12.1. The number of ether oxygens (including phenoxy) is 1. The lowest BCUT2D eigenvalue weighted by Crippen LogP contribution is -2.47. The van der Waals surface area contributed by atoms with Crippen LogP contribution in [-0.2, 0) is 16.1 Å². The van der Waals surface area contributed by atoms with E-state index < -0.39 is 0 Å². The lowest BCUT2D eigenvalue weighted by Gasteiger charge is -2.22. The average molecular weight is 291 g/mol. The van der Waals surface area contributed by atoms with Gasteiger partial charge in [0.1, 0.15) is 6.10 Å². The fourth-order valence-electron chi connectivity index (χ4n) is 1.68. The van der Waals surface area contributed by atoms with Crippen molar-refractivity contribution in [3.05, 3.63) is 34.9 Å². The molecule has 4 nitrogen and oxygen atoms in total. The molecule has 0 radical (unpaired) electrons. The Kier molecular flexibility index (Phi) is 6.43. The number of hydrogen-bond acceptors (Lipinski definition) is 3. The van der Waals surface area contributed by atoms with E-state index in [1.165, 1.54) is 0 Å². The maximum atomic E-state index is 11.7. The first-order valence-electron chi connectivity index (χ1n) is 5.60. The third-order valence-electron chi connectivity index (χ3n) is 2.58. The Morgan fingerprint density at radius 3 is 3.06 bits per heavy atom. The Morgan fingerprint density at radius 2 is 2.39 bits per heavy atom. The highest BCUT2D eigenvalue weighted by Gasteiger charge is 2.20. The van der Waals surface area contributed by atoms with E-state index in [1.54, 1.807) is 6.07 Å². The Labute approximate surface area is 117 Å². The minimum atomic E-state index is -0.386. The van der Waals surface area contributed by atoms with E-state index in [4.69, 9.17) is 16.3 Å². The SMILES string of the molecule is Cl.O=C(NCc1cccc(Cl)c1)C1CNCCO1. The number of hydrogen-bond donors (Lipinski definition) is 2. The fourth-order valence-corrected chi connectivity index (χ4v) is 1.90. The molecule has 1 atom stereocenters. The van der Waals surface area contributed by atoms with Gasteiger partial charge in [0, 0.05) is 24.7 Å². The molecule has 100 valence electrons. The highest BCUT2D eigenvalue weighted by atomic mass is 35.5. The van der Waals surface area contributed by atoms with Crippen molar-refractivity contribution >= 4 is 29.9 Å². The summed E-state index contributed by atoms with van der Waals surface area (Å²) in [5, 5.41) is 6.62. The van der Waals surface area contributed by atoms with E-state index in [1.807, 2.05) is 18.2 Å². The number of carbonyl (C=O) groups excluding carboxylic acids is 1. The van der Waals surface area contributed by atoms with Gasteiger partial charge in [-0.1, -0.05) is 23.7 Å². The molecule has 1 aliphatic rings. The first-order chi connectivity index (χ1) is 8.25. The molecule has 1 unspecified atom stereocenters. The van der Waals surface area contributed by atoms with Crippen LogP contribution in [0.3, 0.4) is 0 Å². The van der Waals surface area contributed by atoms with E-state index in [-0.39, 0.29) is 24.4 Å². The first kappa shape index (κ1) is 15.2. The zero-order valence-electron chi connectivity index (χ0n) is 9.82. The summed E-state index contributed by atoms with van der Waals surface area (Å²) in [6.45, 7) is 2.42. The summed E-state index contributed by atoms with van der Waals surface area (Å²) in [5.41, 5.74) is 0.981. The third-order valence-corrected chi connectivity index (χ3v) is 2.81. The Bertz CT molecular complexity index is 395. The molecule has 1 saturated heterocycles. The van der Waals surface area contributed by atoms with Crippen molar-refractivity contribution in [3.63, 3.8) is 0 Å². The zero-order valence-corrected chi connectivity index (χ0v) is 11.4. The minimum absolute atomic E-state index is 0. The standard InChI is InChI=1S/C12H15ClN2O2.ClH/c13-10-3-1-2-9(6-10)7-15-12(16)11-8-14-4-5-17-11;/h1-3,6,11,14H,4-5,7-8H2,(H,15,16);1H. The van der Waals surface area contributed by atoms with Crippen LogP contribution in [0.4, 0.5) is 0 Å². The molecule has 2 rings (SSSR count). The number of halogens is 2. The van der Waals surface area contributed by atoms with Crippen LogP contribution in [0.25, 0.3) is 0 Å². The van der Waals surface area contributed by atoms with Crippen LogP contribution >= 0.6 is 24.0 Å². The molecule has 1 aromatic carbocycles. The maximum Gasteiger partial charge on any atom is 0.250 e. The van der Waals surface area contributed by atoms with E-state index in [0.717, 1.165) is 12.1 Å². The molecule has 1 amide bonds. The number of nitrogens with one attached hydrogen (secondary N) is 2. The fraction of sp³-hybridized carbons (Fsp3) is 0.417. The molecule has 1 aliphatic heterocycles. The van der Waals surface area contributed by atoms with Crippen molar-refractivity contribution in [3.8, 4) is 0 Å². The topological polar surface area (TPSA) is 50.4 Å². The highest BCUT2D eigenvalue weighted by molar-refractivity contribution is 6.30. The molecule has 0 saturated carbocycles. The monoisotopic (exact) mass is 290 g/mol. The van der Waals surface area contributed by atoms with Gasteiger partial charge >= 0.3 is 0 Å². The predicted octanol–water partition coefficient (Wildman–Crippen LogP) is 1.37. The Hall–Kier alpha value is -0.810. The smallest absolute Gasteiger partial charge is 0.250 e. The summed E-state index contributed by atoms with van der Waals surface area (Å²) in [5.74, 6) is -0.0859. The van der Waals surface area contributed by atoms with Gasteiger partial charge in [-0.15, -0.1) is 12.4 Å². The molecule has 0 aliphatic carbocycles. The molecule has 1 heterocycles. The van der Waals surface area contributed by atoms with Crippen LogP contribution in [0.1, 0.15) is 5.56 Å². The lowest BCUT2D eigenvalue weighted by molar-refractivity contribution is -0.134. The van der Waals surface area contributed by atoms with Gasteiger partial charge in [-0.05, 0) is 17.7 Å². The summed E-state index contributed by atoms with van der Waals surface area (Å²) >= 11 is 5.86. The van der Waals surface area contributed by atoms with E-state index in [2.05, 4.69) is 10.6 Å². The van der Waals surface area contributed by atoms with Crippen LogP contribution in [-0.4, -0.2) is 31.7 Å². The van der Waals surface area contributed by atoms with Crippen molar-refractivity contribution in [1.29, 1.82) is 0 Å². The number of carbonyl (C=O) groups is 1. The molecule has 18 heavy (non-hydrogen) atoms. The Morgan fingerprint density at radius 1 is 1.56 bits per heavy atom. The lowest BCUT2D eigenvalue weighted by atomic mass is 10.2. The largest absolute Gasteiger partial charge is 0.366 e. The number of rotatable bonds is 3. The summed E-state index contributed by atoms with van der Waals surface area (Å²) < 4.78 is 5.35. The van der Waals surface area contributed by atoms with Crippen LogP contribution < -0.4 is 10.6 Å². The van der Waals surface area contributed by atoms with Gasteiger partial charge in [-0.2, -0.15) is 0 Å². The molecule has 1 fully saturated rings. The normalized spacial score (nSPS) is 18.8. The van der Waals surface area contributed by atoms with Crippen molar-refractivity contribution in [2.24, 2.45) is 0 Å². The summed E-state index contributed by atoms with van der Waals surface area (Å²) in [6, 6.07) is 7.43. The van der Waals surface area contributed by atoms with Gasteiger partial charge < -0.3 is 15.4 Å². The molecule has 1 aromatic rings. The number of benzene rings is 1. The van der Waals surface area contributed by atoms with Crippen LogP contribution in [0.15, 0.2) is 24.3 Å². The van der Waals surface area contributed by atoms with E-state index >= 15 is 0 Å². The van der Waals surface area contributed by atoms with Crippen molar-refractivity contribution in [2.45, 2.75) is 12.6 Å². The number of morpholine rings is 1. The van der Waals surface area contributed by atoms with Gasteiger partial charge in [0.15, 0.2) is 0 Å². The van der Waals surface area contributed by atoms with E-state index in [9.17, 15) is 4.79 Å².